The van der Waals surface area contributed by atoms with E-state index in [0.717, 1.165) is 19.5 Å². The quantitative estimate of drug-likeness (QED) is 0.609. The van der Waals surface area contributed by atoms with Crippen LogP contribution in [0.5, 0.6) is 0 Å². The molecule has 0 radical (unpaired) electrons. The summed E-state index contributed by atoms with van der Waals surface area (Å²) < 4.78 is 31.7. The highest BCUT2D eigenvalue weighted by Crippen LogP contribution is 2.19. The summed E-state index contributed by atoms with van der Waals surface area (Å²) in [5.74, 6) is -2.22. The number of halogens is 3. The maximum absolute atomic E-state index is 10.7. The molecular formula is C7H9F3N2O3. The van der Waals surface area contributed by atoms with Gasteiger partial charge in [0.05, 0.1) is 5.92 Å². The van der Waals surface area contributed by atoms with Crippen molar-refractivity contribution in [2.24, 2.45) is 5.92 Å². The van der Waals surface area contributed by atoms with Crippen LogP contribution in [-0.2, 0) is 9.59 Å². The lowest BCUT2D eigenvalue weighted by atomic mass is 10.1. The average Bonchev–Trinajstić information content (AvgIpc) is 2.63. The van der Waals surface area contributed by atoms with Gasteiger partial charge in [0.1, 0.15) is 0 Å². The number of carbonyl (C=O) groups is 2. The van der Waals surface area contributed by atoms with E-state index in [9.17, 15) is 18.0 Å². The standard InChI is InChI=1S/C5H8N2O.C2HF3O2/c8-5-4-1-2-7(3-4)6-5;3-2(4,5)1(6)7/h4H,1-3H2,(H,6,8);(H,6,7). The molecule has 2 aliphatic rings. The maximum Gasteiger partial charge on any atom is 0.490 e. The second kappa shape index (κ2) is 4.05. The second-order valence-corrected chi connectivity index (χ2v) is 3.21. The molecule has 0 aromatic heterocycles. The summed E-state index contributed by atoms with van der Waals surface area (Å²) in [4.78, 5) is 19.6. The van der Waals surface area contributed by atoms with Gasteiger partial charge in [-0.15, -0.1) is 0 Å². The Labute approximate surface area is 82.8 Å². The van der Waals surface area contributed by atoms with E-state index in [-0.39, 0.29) is 5.91 Å². The molecule has 15 heavy (non-hydrogen) atoms. The highest BCUT2D eigenvalue weighted by atomic mass is 19.4. The molecule has 0 spiro atoms. The van der Waals surface area contributed by atoms with Gasteiger partial charge in [-0.3, -0.25) is 10.2 Å². The SMILES string of the molecule is O=C(O)C(F)(F)F.O=C1NN2CCC1C2. The Morgan fingerprint density at radius 1 is 1.53 bits per heavy atom. The minimum Gasteiger partial charge on any atom is -0.475 e. The minimum atomic E-state index is -5.08. The average molecular weight is 226 g/mol. The fourth-order valence-corrected chi connectivity index (χ4v) is 1.32. The van der Waals surface area contributed by atoms with Gasteiger partial charge < -0.3 is 5.11 Å². The molecule has 1 amide bonds. The van der Waals surface area contributed by atoms with Crippen LogP contribution in [0.1, 0.15) is 6.42 Å². The molecule has 2 fully saturated rings. The van der Waals surface area contributed by atoms with Crippen molar-refractivity contribution in [1.82, 2.24) is 10.4 Å². The number of carboxylic acids is 1. The Morgan fingerprint density at radius 3 is 2.20 bits per heavy atom. The predicted octanol–water partition coefficient (Wildman–Crippen LogP) is -0.0136. The van der Waals surface area contributed by atoms with Crippen LogP contribution in [0.4, 0.5) is 13.2 Å². The van der Waals surface area contributed by atoms with E-state index < -0.39 is 12.1 Å². The van der Waals surface area contributed by atoms with Crippen LogP contribution in [0.25, 0.3) is 0 Å². The number of aliphatic carboxylic acids is 1. The van der Waals surface area contributed by atoms with Gasteiger partial charge in [-0.2, -0.15) is 13.2 Å². The van der Waals surface area contributed by atoms with Crippen molar-refractivity contribution in [3.8, 4) is 0 Å². The molecule has 0 aliphatic carbocycles. The van der Waals surface area contributed by atoms with E-state index >= 15 is 0 Å². The lowest BCUT2D eigenvalue weighted by molar-refractivity contribution is -0.192. The molecule has 8 heteroatoms. The molecule has 2 bridgehead atoms. The molecule has 2 heterocycles. The third kappa shape index (κ3) is 3.08. The zero-order valence-electron chi connectivity index (χ0n) is 7.54. The first-order valence-corrected chi connectivity index (χ1v) is 4.16. The van der Waals surface area contributed by atoms with Gasteiger partial charge in [-0.25, -0.2) is 9.80 Å². The number of rotatable bonds is 0. The fraction of sp³-hybridized carbons (Fsp3) is 0.714. The van der Waals surface area contributed by atoms with Crippen molar-refractivity contribution in [2.45, 2.75) is 12.6 Å². The van der Waals surface area contributed by atoms with Crippen molar-refractivity contribution in [3.63, 3.8) is 0 Å². The number of hydrogen-bond acceptors (Lipinski definition) is 3. The summed E-state index contributed by atoms with van der Waals surface area (Å²) in [5, 5.41) is 9.10. The number of fused-ring (bicyclic) bond motifs is 2. The molecule has 2 saturated heterocycles. The van der Waals surface area contributed by atoms with Gasteiger partial charge >= 0.3 is 12.1 Å². The van der Waals surface area contributed by atoms with Gasteiger partial charge in [-0.05, 0) is 6.42 Å². The molecule has 0 saturated carbocycles. The first kappa shape index (κ1) is 11.8. The largest absolute Gasteiger partial charge is 0.490 e. The number of carboxylic acid groups (broad SMARTS) is 1. The molecule has 0 aromatic carbocycles. The molecule has 2 N–H and O–H groups in total. The molecule has 0 aromatic rings. The Hall–Kier alpha value is -1.31. The molecule has 2 rings (SSSR count). The normalized spacial score (nSPS) is 28.1. The highest BCUT2D eigenvalue weighted by Gasteiger charge is 2.38. The Morgan fingerprint density at radius 2 is 2.07 bits per heavy atom. The molecule has 2 unspecified atom stereocenters. The summed E-state index contributed by atoms with van der Waals surface area (Å²) in [6.45, 7) is 2.00. The van der Waals surface area contributed by atoms with E-state index in [1.54, 1.807) is 0 Å². The smallest absolute Gasteiger partial charge is 0.475 e. The number of carbonyl (C=O) groups excluding carboxylic acids is 1. The van der Waals surface area contributed by atoms with Crippen LogP contribution in [0, 0.1) is 5.92 Å². The molecular weight excluding hydrogens is 217 g/mol. The van der Waals surface area contributed by atoms with E-state index in [1.165, 1.54) is 0 Å². The number of hydrogen-bond donors (Lipinski definition) is 2. The van der Waals surface area contributed by atoms with E-state index in [2.05, 4.69) is 5.43 Å². The van der Waals surface area contributed by atoms with Gasteiger partial charge in [-0.1, -0.05) is 0 Å². The van der Waals surface area contributed by atoms with E-state index in [0.29, 0.717) is 5.92 Å². The lowest BCUT2D eigenvalue weighted by Crippen LogP contribution is -2.36. The van der Waals surface area contributed by atoms with Gasteiger partial charge in [0, 0.05) is 13.1 Å². The third-order valence-corrected chi connectivity index (χ3v) is 2.07. The maximum atomic E-state index is 10.7. The number of amides is 1. The van der Waals surface area contributed by atoms with Gasteiger partial charge in [0.15, 0.2) is 0 Å². The van der Waals surface area contributed by atoms with Crippen LogP contribution >= 0.6 is 0 Å². The molecule has 5 nitrogen and oxygen atoms in total. The lowest BCUT2D eigenvalue weighted by Gasteiger charge is -2.11. The summed E-state index contributed by atoms with van der Waals surface area (Å²) in [6, 6.07) is 0. The van der Waals surface area contributed by atoms with Gasteiger partial charge in [0.25, 0.3) is 0 Å². The summed E-state index contributed by atoms with van der Waals surface area (Å²) >= 11 is 0. The van der Waals surface area contributed by atoms with Crippen molar-refractivity contribution in [3.05, 3.63) is 0 Å². The topological polar surface area (TPSA) is 69.6 Å². The number of hydrazine groups is 1. The van der Waals surface area contributed by atoms with Crippen molar-refractivity contribution in [1.29, 1.82) is 0 Å². The fourth-order valence-electron chi connectivity index (χ4n) is 1.32. The number of alkyl halides is 3. The van der Waals surface area contributed by atoms with E-state index in [1.807, 2.05) is 5.01 Å². The first-order chi connectivity index (χ1) is 6.80. The Kier molecular flexibility index (Phi) is 3.18. The monoisotopic (exact) mass is 226 g/mol. The van der Waals surface area contributed by atoms with Crippen molar-refractivity contribution < 1.29 is 27.9 Å². The molecule has 86 valence electrons. The second-order valence-electron chi connectivity index (χ2n) is 3.21. The summed E-state index contributed by atoms with van der Waals surface area (Å²) in [5.41, 5.74) is 2.75. The predicted molar refractivity (Wildman–Crippen MR) is 41.5 cm³/mol. The van der Waals surface area contributed by atoms with Crippen LogP contribution in [0.2, 0.25) is 0 Å². The molecule has 2 atom stereocenters. The zero-order valence-corrected chi connectivity index (χ0v) is 7.54. The summed E-state index contributed by atoms with van der Waals surface area (Å²) in [7, 11) is 0. The van der Waals surface area contributed by atoms with Crippen molar-refractivity contribution in [2.75, 3.05) is 13.1 Å². The molecule has 2 aliphatic heterocycles. The van der Waals surface area contributed by atoms with Crippen molar-refractivity contribution >= 4 is 11.9 Å². The third-order valence-electron chi connectivity index (χ3n) is 2.07. The highest BCUT2D eigenvalue weighted by molar-refractivity contribution is 5.81. The van der Waals surface area contributed by atoms with Crippen LogP contribution in [0.3, 0.4) is 0 Å². The Bertz CT molecular complexity index is 279. The Balaban J connectivity index is 0.000000153. The van der Waals surface area contributed by atoms with Crippen LogP contribution in [-0.4, -0.2) is 41.3 Å². The van der Waals surface area contributed by atoms with Crippen LogP contribution in [0.15, 0.2) is 0 Å². The van der Waals surface area contributed by atoms with Crippen LogP contribution < -0.4 is 5.43 Å². The van der Waals surface area contributed by atoms with Gasteiger partial charge in [0.2, 0.25) is 5.91 Å². The van der Waals surface area contributed by atoms with E-state index in [4.69, 9.17) is 9.90 Å². The minimum absolute atomic E-state index is 0.219. The first-order valence-electron chi connectivity index (χ1n) is 4.16. The number of nitrogens with one attached hydrogen (secondary N) is 1. The summed E-state index contributed by atoms with van der Waals surface area (Å²) in [6.07, 6.45) is -4.02. The zero-order chi connectivity index (χ0) is 11.6. The number of nitrogens with zero attached hydrogens (tertiary/aromatic N) is 1.